The summed E-state index contributed by atoms with van der Waals surface area (Å²) in [7, 11) is 1.57. The van der Waals surface area contributed by atoms with Crippen molar-refractivity contribution in [3.05, 3.63) is 47.1 Å². The molecule has 0 aliphatic rings. The molecule has 1 atom stereocenters. The maximum Gasteiger partial charge on any atom is 0.416 e. The van der Waals surface area contributed by atoms with E-state index in [0.717, 1.165) is 12.1 Å². The first-order valence-electron chi connectivity index (χ1n) is 7.23. The summed E-state index contributed by atoms with van der Waals surface area (Å²) in [5, 5.41) is 9.74. The minimum Gasteiger partial charge on any atom is -0.350 e. The molecule has 0 radical (unpaired) electrons. The number of nitrogens with zero attached hydrogens (tertiary/aromatic N) is 3. The minimum absolute atomic E-state index is 0.284. The molecule has 2 rings (SSSR count). The summed E-state index contributed by atoms with van der Waals surface area (Å²) in [6, 6.07) is 4.80. The SMILES string of the molecule is CN=C(NCc1noc(C)n1)NC(C)c1cccc(C(F)(F)F)c1. The lowest BCUT2D eigenvalue weighted by Crippen LogP contribution is -2.38. The van der Waals surface area contributed by atoms with Crippen molar-refractivity contribution in [2.75, 3.05) is 7.05 Å². The number of nitrogens with one attached hydrogen (secondary N) is 2. The number of hydrogen-bond acceptors (Lipinski definition) is 4. The zero-order chi connectivity index (χ0) is 17.7. The lowest BCUT2D eigenvalue weighted by Gasteiger charge is -2.19. The van der Waals surface area contributed by atoms with E-state index in [2.05, 4.69) is 25.8 Å². The van der Waals surface area contributed by atoms with E-state index in [1.807, 2.05) is 0 Å². The Morgan fingerprint density at radius 3 is 2.71 bits per heavy atom. The molecule has 0 aliphatic carbocycles. The van der Waals surface area contributed by atoms with Crippen LogP contribution in [0.1, 0.15) is 35.8 Å². The van der Waals surface area contributed by atoms with Gasteiger partial charge in [0.1, 0.15) is 0 Å². The van der Waals surface area contributed by atoms with Crippen LogP contribution in [0.25, 0.3) is 0 Å². The first-order chi connectivity index (χ1) is 11.3. The van der Waals surface area contributed by atoms with E-state index >= 15 is 0 Å². The standard InChI is InChI=1S/C15H18F3N5O/c1-9(11-5-4-6-12(7-11)15(16,17)18)21-14(19-3)20-8-13-22-10(2)24-23-13/h4-7,9H,8H2,1-3H3,(H2,19,20,21). The van der Waals surface area contributed by atoms with E-state index < -0.39 is 11.7 Å². The van der Waals surface area contributed by atoms with Crippen LogP contribution in [0.5, 0.6) is 0 Å². The molecule has 1 aromatic carbocycles. The Morgan fingerprint density at radius 1 is 1.38 bits per heavy atom. The molecule has 1 heterocycles. The van der Waals surface area contributed by atoms with Crippen molar-refractivity contribution in [2.24, 2.45) is 4.99 Å². The van der Waals surface area contributed by atoms with Gasteiger partial charge in [0.05, 0.1) is 18.2 Å². The van der Waals surface area contributed by atoms with Crippen molar-refractivity contribution in [3.63, 3.8) is 0 Å². The fourth-order valence-electron chi connectivity index (χ4n) is 2.04. The smallest absolute Gasteiger partial charge is 0.350 e. The van der Waals surface area contributed by atoms with Gasteiger partial charge in [0, 0.05) is 14.0 Å². The van der Waals surface area contributed by atoms with Gasteiger partial charge in [-0.1, -0.05) is 17.3 Å². The molecule has 0 amide bonds. The quantitative estimate of drug-likeness (QED) is 0.661. The molecule has 0 bridgehead atoms. The highest BCUT2D eigenvalue weighted by Gasteiger charge is 2.30. The Hall–Kier alpha value is -2.58. The predicted octanol–water partition coefficient (Wildman–Crippen LogP) is 2.82. The number of aliphatic imine (C=N–C) groups is 1. The molecule has 0 aliphatic heterocycles. The summed E-state index contributed by atoms with van der Waals surface area (Å²) < 4.78 is 43.2. The highest BCUT2D eigenvalue weighted by Crippen LogP contribution is 2.30. The van der Waals surface area contributed by atoms with Crippen LogP contribution in [-0.4, -0.2) is 23.1 Å². The van der Waals surface area contributed by atoms with Gasteiger partial charge in [-0.15, -0.1) is 0 Å². The number of rotatable bonds is 4. The molecule has 2 N–H and O–H groups in total. The summed E-state index contributed by atoms with van der Waals surface area (Å²) in [4.78, 5) is 8.08. The van der Waals surface area contributed by atoms with Gasteiger partial charge in [-0.05, 0) is 24.6 Å². The number of benzene rings is 1. The summed E-state index contributed by atoms with van der Waals surface area (Å²) in [5.41, 5.74) is -0.179. The number of aryl methyl sites for hydroxylation is 1. The van der Waals surface area contributed by atoms with Crippen LogP contribution >= 0.6 is 0 Å². The topological polar surface area (TPSA) is 75.3 Å². The van der Waals surface area contributed by atoms with E-state index in [1.54, 1.807) is 27.0 Å². The monoisotopic (exact) mass is 341 g/mol. The fourth-order valence-corrected chi connectivity index (χ4v) is 2.04. The lowest BCUT2D eigenvalue weighted by molar-refractivity contribution is -0.137. The second-order valence-electron chi connectivity index (χ2n) is 5.14. The normalized spacial score (nSPS) is 13.7. The molecule has 24 heavy (non-hydrogen) atoms. The molecule has 2 aromatic rings. The van der Waals surface area contributed by atoms with E-state index in [1.165, 1.54) is 6.07 Å². The molecule has 6 nitrogen and oxygen atoms in total. The molecule has 0 spiro atoms. The van der Waals surface area contributed by atoms with Crippen LogP contribution in [0.15, 0.2) is 33.8 Å². The number of guanidine groups is 1. The first-order valence-corrected chi connectivity index (χ1v) is 7.23. The third kappa shape index (κ3) is 4.71. The Balaban J connectivity index is 2.00. The van der Waals surface area contributed by atoms with E-state index in [0.29, 0.717) is 23.2 Å². The van der Waals surface area contributed by atoms with Crippen LogP contribution in [0.2, 0.25) is 0 Å². The van der Waals surface area contributed by atoms with Crippen LogP contribution in [0, 0.1) is 6.92 Å². The van der Waals surface area contributed by atoms with Crippen molar-refractivity contribution in [1.82, 2.24) is 20.8 Å². The first kappa shape index (κ1) is 17.8. The molecule has 0 saturated heterocycles. The second kappa shape index (κ2) is 7.33. The summed E-state index contributed by atoms with van der Waals surface area (Å²) in [6.07, 6.45) is -4.37. The van der Waals surface area contributed by atoms with Gasteiger partial charge in [-0.25, -0.2) is 0 Å². The number of hydrogen-bond donors (Lipinski definition) is 2. The summed E-state index contributed by atoms with van der Waals surface area (Å²) in [5.74, 6) is 1.33. The van der Waals surface area contributed by atoms with Gasteiger partial charge in [0.2, 0.25) is 5.89 Å². The number of alkyl halides is 3. The molecule has 9 heteroatoms. The van der Waals surface area contributed by atoms with Crippen LogP contribution in [0.4, 0.5) is 13.2 Å². The largest absolute Gasteiger partial charge is 0.416 e. The molecule has 0 fully saturated rings. The van der Waals surface area contributed by atoms with Crippen molar-refractivity contribution in [2.45, 2.75) is 32.6 Å². The van der Waals surface area contributed by atoms with Crippen LogP contribution in [0.3, 0.4) is 0 Å². The molecule has 0 saturated carbocycles. The van der Waals surface area contributed by atoms with Crippen molar-refractivity contribution in [3.8, 4) is 0 Å². The molecule has 1 unspecified atom stereocenters. The molecule has 1 aromatic heterocycles. The van der Waals surface area contributed by atoms with E-state index in [4.69, 9.17) is 4.52 Å². The Morgan fingerprint density at radius 2 is 2.12 bits per heavy atom. The van der Waals surface area contributed by atoms with E-state index in [-0.39, 0.29) is 12.6 Å². The van der Waals surface area contributed by atoms with Crippen LogP contribution in [-0.2, 0) is 12.7 Å². The van der Waals surface area contributed by atoms with Gasteiger partial charge in [-0.3, -0.25) is 4.99 Å². The lowest BCUT2D eigenvalue weighted by atomic mass is 10.1. The summed E-state index contributed by atoms with van der Waals surface area (Å²) in [6.45, 7) is 3.71. The highest BCUT2D eigenvalue weighted by molar-refractivity contribution is 5.80. The van der Waals surface area contributed by atoms with Crippen molar-refractivity contribution >= 4 is 5.96 Å². The van der Waals surface area contributed by atoms with Gasteiger partial charge in [-0.2, -0.15) is 18.2 Å². The maximum atomic E-state index is 12.8. The third-order valence-electron chi connectivity index (χ3n) is 3.27. The second-order valence-corrected chi connectivity index (χ2v) is 5.14. The van der Waals surface area contributed by atoms with Gasteiger partial charge >= 0.3 is 6.18 Å². The Kier molecular flexibility index (Phi) is 5.42. The predicted molar refractivity (Wildman–Crippen MR) is 82.2 cm³/mol. The zero-order valence-corrected chi connectivity index (χ0v) is 13.5. The third-order valence-corrected chi connectivity index (χ3v) is 3.27. The minimum atomic E-state index is -4.37. The van der Waals surface area contributed by atoms with Crippen LogP contribution < -0.4 is 10.6 Å². The maximum absolute atomic E-state index is 12.8. The summed E-state index contributed by atoms with van der Waals surface area (Å²) >= 11 is 0. The average molecular weight is 341 g/mol. The van der Waals surface area contributed by atoms with Gasteiger partial charge < -0.3 is 15.2 Å². The average Bonchev–Trinajstić information content (AvgIpc) is 2.96. The van der Waals surface area contributed by atoms with E-state index in [9.17, 15) is 13.2 Å². The zero-order valence-electron chi connectivity index (χ0n) is 13.5. The Labute approximate surface area is 137 Å². The highest BCUT2D eigenvalue weighted by atomic mass is 19.4. The fraction of sp³-hybridized carbons (Fsp3) is 0.400. The van der Waals surface area contributed by atoms with Gasteiger partial charge in [0.25, 0.3) is 0 Å². The molecular weight excluding hydrogens is 323 g/mol. The Bertz CT molecular complexity index is 711. The number of halogens is 3. The van der Waals surface area contributed by atoms with Crippen molar-refractivity contribution in [1.29, 1.82) is 0 Å². The van der Waals surface area contributed by atoms with Gasteiger partial charge in [0.15, 0.2) is 11.8 Å². The molecular formula is C15H18F3N5O. The molecule has 130 valence electrons. The van der Waals surface area contributed by atoms with Crippen molar-refractivity contribution < 1.29 is 17.7 Å². The number of aromatic nitrogens is 2.